The number of hydrogen-bond acceptors (Lipinski definition) is 2. The summed E-state index contributed by atoms with van der Waals surface area (Å²) >= 11 is -2.71. The molecule has 0 atom stereocenters. The van der Waals surface area contributed by atoms with Gasteiger partial charge in [-0.25, -0.2) is 0 Å². The van der Waals surface area contributed by atoms with Crippen molar-refractivity contribution in [3.05, 3.63) is 45.7 Å². The second kappa shape index (κ2) is 12.6. The van der Waals surface area contributed by atoms with Gasteiger partial charge in [-0.15, -0.1) is 0 Å². The Hall–Kier alpha value is -0.971. The Morgan fingerprint density at radius 3 is 2.04 bits per heavy atom. The standard InChI is InChI=1S/C12H12NO2.3C4H9.Sn/c14-12-13(9-10-15-12)8-4-7-11-5-2-1-3-6-11;3*1-3-4-2;/h1-6H,7,9-10H2;3*1,3-4H2,2H3;. The molecule has 1 heterocycles. The van der Waals surface area contributed by atoms with Crippen LogP contribution in [0.3, 0.4) is 0 Å². The summed E-state index contributed by atoms with van der Waals surface area (Å²) in [6.07, 6.45) is 10.9. The molecule has 0 unspecified atom stereocenters. The van der Waals surface area contributed by atoms with Crippen LogP contribution in [0.1, 0.15) is 64.9 Å². The summed E-state index contributed by atoms with van der Waals surface area (Å²) < 4.78 is 10.9. The Balaban J connectivity index is 2.42. The van der Waals surface area contributed by atoms with Crippen molar-refractivity contribution in [3.8, 4) is 0 Å². The van der Waals surface area contributed by atoms with Gasteiger partial charge in [0, 0.05) is 0 Å². The summed E-state index contributed by atoms with van der Waals surface area (Å²) in [7, 11) is 0. The molecule has 1 amide bonds. The van der Waals surface area contributed by atoms with Gasteiger partial charge >= 0.3 is 177 Å². The maximum absolute atomic E-state index is 12.6. The Labute approximate surface area is 176 Å². The van der Waals surface area contributed by atoms with E-state index in [-0.39, 0.29) is 6.09 Å². The van der Waals surface area contributed by atoms with Gasteiger partial charge in [0.05, 0.1) is 0 Å². The number of carbonyl (C=O) groups excluding carboxylic acids is 1. The van der Waals surface area contributed by atoms with Crippen LogP contribution in [-0.2, 0) is 11.2 Å². The number of allylic oxidation sites excluding steroid dienone is 1. The SMILES string of the molecule is CCC[CH2][Sn]([CH2]CCC)([CH2]CCC)/[C](=C/Cc1ccccc1)N1CCOC1=O. The molecule has 4 heteroatoms. The molecule has 0 aromatic heterocycles. The van der Waals surface area contributed by atoms with E-state index in [9.17, 15) is 4.79 Å². The van der Waals surface area contributed by atoms with E-state index in [1.807, 2.05) is 4.90 Å². The molecule has 1 aromatic carbocycles. The van der Waals surface area contributed by atoms with Crippen molar-refractivity contribution in [2.75, 3.05) is 13.2 Å². The van der Waals surface area contributed by atoms with Crippen LogP contribution < -0.4 is 0 Å². The van der Waals surface area contributed by atoms with Crippen LogP contribution in [0.15, 0.2) is 40.1 Å². The topological polar surface area (TPSA) is 29.5 Å². The third kappa shape index (κ3) is 6.53. The number of nitrogens with zero attached hydrogens (tertiary/aromatic N) is 1. The predicted octanol–water partition coefficient (Wildman–Crippen LogP) is 6.95. The maximum atomic E-state index is 12.6. The molecule has 1 fully saturated rings. The molecule has 0 N–H and O–H groups in total. The second-order valence-corrected chi connectivity index (χ2v) is 21.2. The van der Waals surface area contributed by atoms with Crippen molar-refractivity contribution in [2.45, 2.75) is 79.0 Å². The molecule has 1 aromatic rings. The van der Waals surface area contributed by atoms with Gasteiger partial charge in [-0.1, -0.05) is 0 Å². The molecule has 156 valence electrons. The van der Waals surface area contributed by atoms with E-state index in [1.165, 1.54) is 61.1 Å². The molecule has 28 heavy (non-hydrogen) atoms. The van der Waals surface area contributed by atoms with Gasteiger partial charge in [0.2, 0.25) is 0 Å². The van der Waals surface area contributed by atoms with Gasteiger partial charge in [0.15, 0.2) is 0 Å². The molecule has 2 rings (SSSR count). The Bertz CT molecular complexity index is 593. The Kier molecular flexibility index (Phi) is 10.5. The quantitative estimate of drug-likeness (QED) is 0.279. The summed E-state index contributed by atoms with van der Waals surface area (Å²) in [5.41, 5.74) is 1.33. The number of cyclic esters (lactones) is 1. The van der Waals surface area contributed by atoms with Crippen LogP contribution in [-0.4, -0.2) is 42.5 Å². The Morgan fingerprint density at radius 2 is 1.57 bits per heavy atom. The first-order valence-corrected chi connectivity index (χ1v) is 18.8. The zero-order valence-corrected chi connectivity index (χ0v) is 21.1. The first-order valence-electron chi connectivity index (χ1n) is 11.4. The second-order valence-electron chi connectivity index (χ2n) is 8.14. The molecule has 0 saturated carbocycles. The molecular weight excluding hydrogens is 453 g/mol. The number of unbranched alkanes of at least 4 members (excludes halogenated alkanes) is 3. The van der Waals surface area contributed by atoms with Gasteiger partial charge in [-0.2, -0.15) is 0 Å². The number of rotatable bonds is 13. The van der Waals surface area contributed by atoms with Crippen LogP contribution >= 0.6 is 0 Å². The van der Waals surface area contributed by atoms with Gasteiger partial charge < -0.3 is 0 Å². The summed E-state index contributed by atoms with van der Waals surface area (Å²) in [5.74, 6) is 0. The van der Waals surface area contributed by atoms with E-state index in [0.717, 1.165) is 13.0 Å². The molecule has 0 spiro atoms. The van der Waals surface area contributed by atoms with E-state index < -0.39 is 18.4 Å². The van der Waals surface area contributed by atoms with Gasteiger partial charge in [0.1, 0.15) is 0 Å². The van der Waals surface area contributed by atoms with Crippen LogP contribution in [0.25, 0.3) is 0 Å². The number of carbonyl (C=O) groups is 1. The van der Waals surface area contributed by atoms with Crippen molar-refractivity contribution < 1.29 is 9.53 Å². The first-order chi connectivity index (χ1) is 13.7. The van der Waals surface area contributed by atoms with Crippen molar-refractivity contribution >= 4 is 24.5 Å². The summed E-state index contributed by atoms with van der Waals surface area (Å²) in [6.45, 7) is 8.18. The van der Waals surface area contributed by atoms with Gasteiger partial charge in [-0.3, -0.25) is 0 Å². The van der Waals surface area contributed by atoms with Crippen molar-refractivity contribution in [3.63, 3.8) is 0 Å². The van der Waals surface area contributed by atoms with Crippen molar-refractivity contribution in [1.29, 1.82) is 0 Å². The van der Waals surface area contributed by atoms with Crippen LogP contribution in [0.2, 0.25) is 13.3 Å². The van der Waals surface area contributed by atoms with E-state index in [4.69, 9.17) is 4.74 Å². The van der Waals surface area contributed by atoms with Crippen LogP contribution in [0, 0.1) is 0 Å². The summed E-state index contributed by atoms with van der Waals surface area (Å²) in [4.78, 5) is 14.6. The van der Waals surface area contributed by atoms with E-state index in [0.29, 0.717) is 6.61 Å². The zero-order valence-electron chi connectivity index (χ0n) is 18.2. The number of amides is 1. The van der Waals surface area contributed by atoms with Crippen molar-refractivity contribution in [2.24, 2.45) is 0 Å². The average molecular weight is 492 g/mol. The zero-order chi connectivity index (χ0) is 20.2. The van der Waals surface area contributed by atoms with Gasteiger partial charge in [-0.05, 0) is 0 Å². The molecule has 3 nitrogen and oxygen atoms in total. The monoisotopic (exact) mass is 493 g/mol. The van der Waals surface area contributed by atoms with E-state index in [1.54, 1.807) is 0 Å². The minimum absolute atomic E-state index is 0.107. The predicted molar refractivity (Wildman–Crippen MR) is 121 cm³/mol. The summed E-state index contributed by atoms with van der Waals surface area (Å²) in [5, 5.41) is 0. The fraction of sp³-hybridized carbons (Fsp3) is 0.625. The number of hydrogen-bond donors (Lipinski definition) is 0. The number of ether oxygens (including phenoxy) is 1. The Morgan fingerprint density at radius 1 is 1.00 bits per heavy atom. The van der Waals surface area contributed by atoms with Crippen molar-refractivity contribution in [1.82, 2.24) is 4.90 Å². The molecule has 0 radical (unpaired) electrons. The van der Waals surface area contributed by atoms with E-state index in [2.05, 4.69) is 57.2 Å². The first kappa shape index (κ1) is 23.3. The normalized spacial score (nSPS) is 15.2. The summed E-state index contributed by atoms with van der Waals surface area (Å²) in [6, 6.07) is 10.7. The fourth-order valence-corrected chi connectivity index (χ4v) is 21.3. The van der Waals surface area contributed by atoms with Crippen LogP contribution in [0.4, 0.5) is 4.79 Å². The molecule has 1 aliphatic heterocycles. The molecule has 1 saturated heterocycles. The van der Waals surface area contributed by atoms with Gasteiger partial charge in [0.25, 0.3) is 0 Å². The van der Waals surface area contributed by atoms with Crippen LogP contribution in [0.5, 0.6) is 0 Å². The molecule has 0 bridgehead atoms. The molecule has 1 aliphatic rings. The molecule has 0 aliphatic carbocycles. The molecular formula is C24H39NO2Sn. The van der Waals surface area contributed by atoms with E-state index >= 15 is 0 Å². The third-order valence-corrected chi connectivity index (χ3v) is 21.7. The third-order valence-electron chi connectivity index (χ3n) is 6.00. The fourth-order valence-electron chi connectivity index (χ4n) is 4.36. The number of benzene rings is 1. The average Bonchev–Trinajstić information content (AvgIpc) is 3.15. The minimum atomic E-state index is -2.71.